The second kappa shape index (κ2) is 13.5. The highest BCUT2D eigenvalue weighted by Crippen LogP contribution is 2.42. The molecule has 1 fully saturated rings. The van der Waals surface area contributed by atoms with Crippen molar-refractivity contribution in [2.45, 2.75) is 38.3 Å². The molecule has 242 valence electrons. The molecule has 0 radical (unpaired) electrons. The van der Waals surface area contributed by atoms with Crippen LogP contribution in [0.4, 0.5) is 9.52 Å². The maximum atomic E-state index is 14.6. The minimum Gasteiger partial charge on any atom is -0.343 e. The maximum Gasteiger partial charge on any atom is 0.232 e. The second-order valence-corrected chi connectivity index (χ2v) is 13.1. The minimum atomic E-state index is -0.813. The third kappa shape index (κ3) is 5.79. The van der Waals surface area contributed by atoms with Crippen molar-refractivity contribution in [1.29, 1.82) is 0 Å². The highest BCUT2D eigenvalue weighted by molar-refractivity contribution is 7.22. The number of thiazole rings is 1. The number of carbonyl (C=O) groups is 2. The van der Waals surface area contributed by atoms with Crippen LogP contribution in [0.25, 0.3) is 10.2 Å². The van der Waals surface area contributed by atoms with Gasteiger partial charge in [-0.3, -0.25) is 14.5 Å². The fourth-order valence-electron chi connectivity index (χ4n) is 6.92. The average Bonchev–Trinajstić information content (AvgIpc) is 3.79. The van der Waals surface area contributed by atoms with Crippen molar-refractivity contribution < 1.29 is 14.0 Å². The molecule has 7 nitrogen and oxygen atoms in total. The Morgan fingerprint density at radius 1 is 0.875 bits per heavy atom. The number of anilines is 1. The smallest absolute Gasteiger partial charge is 0.232 e. The first-order valence-corrected chi connectivity index (χ1v) is 17.1. The summed E-state index contributed by atoms with van der Waals surface area (Å²) in [6.45, 7) is 3.14. The number of imidazole rings is 1. The van der Waals surface area contributed by atoms with Gasteiger partial charge in [-0.05, 0) is 47.7 Å². The van der Waals surface area contributed by atoms with Crippen molar-refractivity contribution in [3.63, 3.8) is 0 Å². The number of fused-ring (bicyclic) bond motifs is 1. The van der Waals surface area contributed by atoms with Gasteiger partial charge in [-0.1, -0.05) is 109 Å². The van der Waals surface area contributed by atoms with Gasteiger partial charge in [-0.2, -0.15) is 0 Å². The van der Waals surface area contributed by atoms with Gasteiger partial charge in [0.05, 0.1) is 35.0 Å². The molecule has 2 amide bonds. The molecule has 1 aliphatic heterocycles. The highest BCUT2D eigenvalue weighted by Gasteiger charge is 2.40. The van der Waals surface area contributed by atoms with E-state index < -0.39 is 5.54 Å². The van der Waals surface area contributed by atoms with Crippen molar-refractivity contribution in [1.82, 2.24) is 19.4 Å². The minimum absolute atomic E-state index is 0.0596. The van der Waals surface area contributed by atoms with E-state index in [9.17, 15) is 14.0 Å². The van der Waals surface area contributed by atoms with Crippen LogP contribution in [0.3, 0.4) is 0 Å². The Morgan fingerprint density at radius 2 is 1.46 bits per heavy atom. The number of aromatic nitrogens is 3. The molecule has 48 heavy (non-hydrogen) atoms. The van der Waals surface area contributed by atoms with E-state index in [1.165, 1.54) is 23.5 Å². The van der Waals surface area contributed by atoms with E-state index in [4.69, 9.17) is 9.97 Å². The molecule has 0 bridgehead atoms. The van der Waals surface area contributed by atoms with E-state index in [0.717, 1.165) is 22.4 Å². The molecule has 9 heteroatoms. The molecule has 0 aliphatic carbocycles. The summed E-state index contributed by atoms with van der Waals surface area (Å²) in [6.07, 6.45) is 5.25. The van der Waals surface area contributed by atoms with Crippen LogP contribution in [0, 0.1) is 11.7 Å². The zero-order chi connectivity index (χ0) is 33.1. The van der Waals surface area contributed by atoms with Crippen LogP contribution >= 0.6 is 11.3 Å². The zero-order valence-electron chi connectivity index (χ0n) is 26.7. The van der Waals surface area contributed by atoms with E-state index >= 15 is 0 Å². The van der Waals surface area contributed by atoms with Crippen LogP contribution in [-0.2, 0) is 21.7 Å². The maximum absolute atomic E-state index is 14.6. The highest BCUT2D eigenvalue weighted by atomic mass is 32.1. The van der Waals surface area contributed by atoms with Crippen molar-refractivity contribution in [2.75, 3.05) is 18.0 Å². The molecule has 0 atom stereocenters. The number of halogens is 1. The fraction of sp³-hybridized carbons (Fsp3) is 0.231. The molecule has 2 aromatic heterocycles. The Kier molecular flexibility index (Phi) is 8.86. The van der Waals surface area contributed by atoms with Crippen LogP contribution < -0.4 is 4.90 Å². The topological polar surface area (TPSA) is 71.3 Å². The number of likely N-dealkylation sites (tertiary alicyclic amines) is 1. The number of piperidine rings is 1. The standard InChI is InChI=1S/C39H36FN5O2S/c1-2-36(46)43-22-20-28(21-23-43)37(47)44(38-42-34-19-18-32(40)24-35(34)48-38)26-33-25-41-27-45(33)39(29-12-6-3-7-13-29,30-14-8-4-9-15-30)31-16-10-5-11-17-31/h3-19,24-25,27-28H,2,20-23,26H2,1H3. The zero-order valence-corrected chi connectivity index (χ0v) is 27.5. The van der Waals surface area contributed by atoms with Gasteiger partial charge in [0.25, 0.3) is 0 Å². The normalized spacial score (nSPS) is 13.9. The molecule has 0 spiro atoms. The summed E-state index contributed by atoms with van der Waals surface area (Å²) >= 11 is 1.31. The van der Waals surface area contributed by atoms with Crippen LogP contribution in [0.15, 0.2) is 122 Å². The molecular weight excluding hydrogens is 622 g/mol. The summed E-state index contributed by atoms with van der Waals surface area (Å²) in [4.78, 5) is 40.1. The summed E-state index contributed by atoms with van der Waals surface area (Å²) in [5.41, 5.74) is 3.77. The van der Waals surface area contributed by atoms with Crippen molar-refractivity contribution >= 4 is 38.5 Å². The fourth-order valence-corrected chi connectivity index (χ4v) is 7.92. The van der Waals surface area contributed by atoms with Gasteiger partial charge in [0.15, 0.2) is 5.13 Å². The number of hydrogen-bond acceptors (Lipinski definition) is 5. The monoisotopic (exact) mass is 657 g/mol. The first kappa shape index (κ1) is 31.4. The van der Waals surface area contributed by atoms with Crippen LogP contribution in [-0.4, -0.2) is 44.3 Å². The van der Waals surface area contributed by atoms with Crippen molar-refractivity contribution in [3.05, 3.63) is 150 Å². The Bertz CT molecular complexity index is 1920. The van der Waals surface area contributed by atoms with Crippen LogP contribution in [0.2, 0.25) is 0 Å². The summed E-state index contributed by atoms with van der Waals surface area (Å²) < 4.78 is 17.1. The lowest BCUT2D eigenvalue weighted by Crippen LogP contribution is -2.45. The number of nitrogens with zero attached hydrogens (tertiary/aromatic N) is 5. The van der Waals surface area contributed by atoms with Crippen LogP contribution in [0.1, 0.15) is 48.6 Å². The quantitative estimate of drug-likeness (QED) is 0.150. The molecule has 0 unspecified atom stereocenters. The Labute approximate surface area is 283 Å². The van der Waals surface area contributed by atoms with Crippen LogP contribution in [0.5, 0.6) is 0 Å². The first-order valence-electron chi connectivity index (χ1n) is 16.3. The lowest BCUT2D eigenvalue weighted by atomic mass is 9.76. The molecule has 3 heterocycles. The molecule has 6 aromatic rings. The van der Waals surface area contributed by atoms with Gasteiger partial charge in [0.1, 0.15) is 11.4 Å². The van der Waals surface area contributed by atoms with Gasteiger partial charge >= 0.3 is 0 Å². The summed E-state index contributed by atoms with van der Waals surface area (Å²) in [6, 6.07) is 35.5. The molecule has 0 N–H and O–H groups in total. The van der Waals surface area contributed by atoms with Gasteiger partial charge in [0, 0.05) is 25.4 Å². The molecule has 1 saturated heterocycles. The largest absolute Gasteiger partial charge is 0.343 e. The van der Waals surface area contributed by atoms with E-state index in [1.54, 1.807) is 11.0 Å². The third-order valence-corrected chi connectivity index (χ3v) is 10.3. The Balaban J connectivity index is 1.36. The number of benzene rings is 4. The van der Waals surface area contributed by atoms with Gasteiger partial charge in [0.2, 0.25) is 11.8 Å². The van der Waals surface area contributed by atoms with E-state index in [0.29, 0.717) is 47.7 Å². The number of carbonyl (C=O) groups excluding carboxylic acids is 2. The SMILES string of the molecule is CCC(=O)N1CCC(C(=O)N(Cc2cncn2C(c2ccccc2)(c2ccccc2)c2ccccc2)c2nc3ccc(F)cc3s2)CC1. The van der Waals surface area contributed by atoms with E-state index in [2.05, 4.69) is 41.0 Å². The predicted molar refractivity (Wildman–Crippen MR) is 187 cm³/mol. The lowest BCUT2D eigenvalue weighted by Gasteiger charge is -2.39. The van der Waals surface area contributed by atoms with Gasteiger partial charge < -0.3 is 9.47 Å². The third-order valence-electron chi connectivity index (χ3n) is 9.31. The van der Waals surface area contributed by atoms with Crippen molar-refractivity contribution in [3.8, 4) is 0 Å². The second-order valence-electron chi connectivity index (χ2n) is 12.1. The number of amides is 2. The van der Waals surface area contributed by atoms with Crippen molar-refractivity contribution in [2.24, 2.45) is 5.92 Å². The number of hydrogen-bond donors (Lipinski definition) is 0. The van der Waals surface area contributed by atoms with Gasteiger partial charge in [-0.15, -0.1) is 0 Å². The molecule has 1 aliphatic rings. The van der Waals surface area contributed by atoms with E-state index in [-0.39, 0.29) is 30.1 Å². The molecule has 0 saturated carbocycles. The van der Waals surface area contributed by atoms with E-state index in [1.807, 2.05) is 78.9 Å². The average molecular weight is 658 g/mol. The van der Waals surface area contributed by atoms with Gasteiger partial charge in [-0.25, -0.2) is 14.4 Å². The number of rotatable bonds is 9. The predicted octanol–water partition coefficient (Wildman–Crippen LogP) is 7.65. The Hall–Kier alpha value is -5.15. The Morgan fingerprint density at radius 3 is 2.02 bits per heavy atom. The molecule has 7 rings (SSSR count). The molecule has 4 aromatic carbocycles. The summed E-state index contributed by atoms with van der Waals surface area (Å²) in [7, 11) is 0. The molecular formula is C39H36FN5O2S. The summed E-state index contributed by atoms with van der Waals surface area (Å²) in [5, 5.41) is 0.505. The first-order chi connectivity index (χ1) is 23.5. The summed E-state index contributed by atoms with van der Waals surface area (Å²) in [5.74, 6) is -0.585. The lowest BCUT2D eigenvalue weighted by molar-refractivity contribution is -0.134.